The number of rotatable bonds is 4. The Hall–Kier alpha value is -1.74. The molecule has 1 aromatic heterocycles. The molecule has 1 heterocycles. The van der Waals surface area contributed by atoms with E-state index in [0.717, 1.165) is 11.5 Å². The number of hydrogen-bond acceptors (Lipinski definition) is 6. The smallest absolute Gasteiger partial charge is 0.328 e. The van der Waals surface area contributed by atoms with Crippen molar-refractivity contribution in [2.45, 2.75) is 13.0 Å². The highest BCUT2D eigenvalue weighted by Gasteiger charge is 2.19. The van der Waals surface area contributed by atoms with E-state index in [2.05, 4.69) is 20.0 Å². The molecule has 88 valence electrons. The van der Waals surface area contributed by atoms with Gasteiger partial charge in [-0.05, 0) is 6.92 Å². The predicted molar refractivity (Wildman–Crippen MR) is 55.3 cm³/mol. The molecule has 0 spiro atoms. The number of nitrogens with zero attached hydrogens (tertiary/aromatic N) is 2. The fraction of sp³-hybridized carbons (Fsp3) is 0.429. The number of aliphatic carboxylic acids is 1. The van der Waals surface area contributed by atoms with Crippen molar-refractivity contribution in [2.24, 2.45) is 0 Å². The highest BCUT2D eigenvalue weighted by molar-refractivity contribution is 7.09. The van der Waals surface area contributed by atoms with Crippen LogP contribution in [0.25, 0.3) is 0 Å². The lowest BCUT2D eigenvalue weighted by Gasteiger charge is -2.10. The lowest BCUT2D eigenvalue weighted by atomic mass is 10.3. The molecule has 0 aromatic carbocycles. The minimum atomic E-state index is -1.34. The van der Waals surface area contributed by atoms with E-state index < -0.39 is 24.6 Å². The number of hydrogen-bond donors (Lipinski definition) is 4. The van der Waals surface area contributed by atoms with Gasteiger partial charge in [0.2, 0.25) is 5.13 Å². The van der Waals surface area contributed by atoms with Crippen LogP contribution >= 0.6 is 11.5 Å². The van der Waals surface area contributed by atoms with Gasteiger partial charge in [-0.25, -0.2) is 14.6 Å². The first-order valence-corrected chi connectivity index (χ1v) is 5.01. The lowest BCUT2D eigenvalue weighted by Crippen LogP contribution is -2.45. The highest BCUT2D eigenvalue weighted by atomic mass is 32.1. The van der Waals surface area contributed by atoms with Crippen LogP contribution in [0.1, 0.15) is 5.82 Å². The number of carbonyl (C=O) groups excluding carboxylic acids is 1. The summed E-state index contributed by atoms with van der Waals surface area (Å²) < 4.78 is 3.83. The first-order chi connectivity index (χ1) is 7.52. The summed E-state index contributed by atoms with van der Waals surface area (Å²) in [6.45, 7) is 0.977. The second-order valence-corrected chi connectivity index (χ2v) is 3.57. The molecule has 0 radical (unpaired) electrons. The number of carboxylic acids is 1. The second kappa shape index (κ2) is 5.37. The van der Waals surface area contributed by atoms with Gasteiger partial charge in [-0.3, -0.25) is 5.32 Å². The third-order valence-corrected chi connectivity index (χ3v) is 2.26. The molecular weight excluding hydrogens is 236 g/mol. The summed E-state index contributed by atoms with van der Waals surface area (Å²) in [5.41, 5.74) is 0. The number of carbonyl (C=O) groups is 2. The van der Waals surface area contributed by atoms with Crippen LogP contribution in [-0.2, 0) is 4.79 Å². The number of aliphatic hydroxyl groups is 1. The predicted octanol–water partition coefficient (Wildman–Crippen LogP) is -0.586. The topological polar surface area (TPSA) is 124 Å². The van der Waals surface area contributed by atoms with E-state index >= 15 is 0 Å². The minimum absolute atomic E-state index is 0.261. The molecule has 0 aliphatic rings. The Balaban J connectivity index is 2.50. The van der Waals surface area contributed by atoms with Gasteiger partial charge in [0, 0.05) is 11.5 Å². The van der Waals surface area contributed by atoms with Crippen molar-refractivity contribution in [3.05, 3.63) is 5.82 Å². The number of aryl methyl sites for hydroxylation is 1. The van der Waals surface area contributed by atoms with Gasteiger partial charge >= 0.3 is 12.0 Å². The monoisotopic (exact) mass is 246 g/mol. The third kappa shape index (κ3) is 3.44. The van der Waals surface area contributed by atoms with Crippen molar-refractivity contribution in [2.75, 3.05) is 11.9 Å². The van der Waals surface area contributed by atoms with Gasteiger partial charge in [-0.15, -0.1) is 0 Å². The van der Waals surface area contributed by atoms with Crippen LogP contribution in [0.4, 0.5) is 9.93 Å². The first kappa shape index (κ1) is 12.3. The molecule has 9 heteroatoms. The minimum Gasteiger partial charge on any atom is -0.480 e. The number of nitrogens with one attached hydrogen (secondary N) is 2. The molecule has 0 aliphatic carbocycles. The van der Waals surface area contributed by atoms with E-state index in [1.54, 1.807) is 6.92 Å². The summed E-state index contributed by atoms with van der Waals surface area (Å²) >= 11 is 0.978. The lowest BCUT2D eigenvalue weighted by molar-refractivity contribution is -0.140. The van der Waals surface area contributed by atoms with E-state index in [-0.39, 0.29) is 5.13 Å². The van der Waals surface area contributed by atoms with Gasteiger partial charge in [0.15, 0.2) is 6.04 Å². The van der Waals surface area contributed by atoms with Gasteiger partial charge in [0.25, 0.3) is 0 Å². The Morgan fingerprint density at radius 3 is 2.69 bits per heavy atom. The van der Waals surface area contributed by atoms with Crippen LogP contribution in [0.3, 0.4) is 0 Å². The summed E-state index contributed by atoms with van der Waals surface area (Å²) in [7, 11) is 0. The molecule has 0 aliphatic heterocycles. The third-order valence-electron chi connectivity index (χ3n) is 1.53. The van der Waals surface area contributed by atoms with Crippen LogP contribution in [0.15, 0.2) is 0 Å². The van der Waals surface area contributed by atoms with E-state index in [1.807, 2.05) is 0 Å². The molecule has 0 unspecified atom stereocenters. The average Bonchev–Trinajstić information content (AvgIpc) is 2.60. The van der Waals surface area contributed by atoms with Gasteiger partial charge in [-0.2, -0.15) is 4.37 Å². The fourth-order valence-corrected chi connectivity index (χ4v) is 1.40. The van der Waals surface area contributed by atoms with Crippen LogP contribution < -0.4 is 10.6 Å². The number of amides is 2. The Bertz CT molecular complexity index is 393. The summed E-state index contributed by atoms with van der Waals surface area (Å²) in [6.07, 6.45) is 0. The van der Waals surface area contributed by atoms with Crippen molar-refractivity contribution < 1.29 is 19.8 Å². The van der Waals surface area contributed by atoms with E-state index in [1.165, 1.54) is 0 Å². The molecule has 0 fully saturated rings. The second-order valence-electron chi connectivity index (χ2n) is 2.82. The molecule has 0 bridgehead atoms. The van der Waals surface area contributed by atoms with Crippen molar-refractivity contribution >= 4 is 28.7 Å². The van der Waals surface area contributed by atoms with E-state index in [4.69, 9.17) is 10.2 Å². The number of aromatic nitrogens is 2. The summed E-state index contributed by atoms with van der Waals surface area (Å²) in [5.74, 6) is -0.802. The standard InChI is InChI=1S/C7H10N4O4S/c1-3-8-7(16-11-3)10-6(15)9-4(2-12)5(13)14/h4,12H,2H2,1H3,(H,13,14)(H2,8,9,10,11,15)/t4-/m0/s1. The summed E-state index contributed by atoms with van der Waals surface area (Å²) in [5, 5.41) is 21.9. The first-order valence-electron chi connectivity index (χ1n) is 4.24. The van der Waals surface area contributed by atoms with E-state index in [0.29, 0.717) is 5.82 Å². The van der Waals surface area contributed by atoms with Gasteiger partial charge in [-0.1, -0.05) is 0 Å². The molecular formula is C7H10N4O4S. The largest absolute Gasteiger partial charge is 0.480 e. The van der Waals surface area contributed by atoms with Gasteiger partial charge in [0.05, 0.1) is 6.61 Å². The highest BCUT2D eigenvalue weighted by Crippen LogP contribution is 2.09. The molecule has 2 amide bonds. The Morgan fingerprint density at radius 1 is 1.56 bits per heavy atom. The molecule has 1 rings (SSSR count). The zero-order chi connectivity index (χ0) is 12.1. The van der Waals surface area contributed by atoms with Crippen LogP contribution in [0.2, 0.25) is 0 Å². The van der Waals surface area contributed by atoms with Crippen LogP contribution in [0, 0.1) is 6.92 Å². The molecule has 16 heavy (non-hydrogen) atoms. The quantitative estimate of drug-likeness (QED) is 0.563. The maximum absolute atomic E-state index is 11.2. The Morgan fingerprint density at radius 2 is 2.25 bits per heavy atom. The van der Waals surface area contributed by atoms with Gasteiger partial charge in [0.1, 0.15) is 5.82 Å². The normalized spacial score (nSPS) is 11.9. The van der Waals surface area contributed by atoms with Gasteiger partial charge < -0.3 is 15.5 Å². The maximum Gasteiger partial charge on any atom is 0.328 e. The molecule has 0 saturated carbocycles. The maximum atomic E-state index is 11.2. The SMILES string of the molecule is Cc1nsc(NC(=O)N[C@@H](CO)C(=O)O)n1. The summed E-state index contributed by atoms with van der Waals surface area (Å²) in [4.78, 5) is 25.6. The number of carboxylic acid groups (broad SMARTS) is 1. The zero-order valence-electron chi connectivity index (χ0n) is 8.30. The van der Waals surface area contributed by atoms with Crippen molar-refractivity contribution in [1.82, 2.24) is 14.7 Å². The summed E-state index contributed by atoms with van der Waals surface area (Å²) in [6, 6.07) is -2.09. The molecule has 0 saturated heterocycles. The fourth-order valence-electron chi connectivity index (χ4n) is 0.825. The van der Waals surface area contributed by atoms with Crippen molar-refractivity contribution in [1.29, 1.82) is 0 Å². The molecule has 4 N–H and O–H groups in total. The molecule has 1 aromatic rings. The van der Waals surface area contributed by atoms with Crippen molar-refractivity contribution in [3.63, 3.8) is 0 Å². The van der Waals surface area contributed by atoms with Crippen LogP contribution in [0.5, 0.6) is 0 Å². The Kier molecular flexibility index (Phi) is 4.14. The number of urea groups is 1. The average molecular weight is 246 g/mol. The number of anilines is 1. The molecule has 8 nitrogen and oxygen atoms in total. The zero-order valence-corrected chi connectivity index (χ0v) is 9.11. The van der Waals surface area contributed by atoms with E-state index in [9.17, 15) is 9.59 Å². The van der Waals surface area contributed by atoms with Crippen molar-refractivity contribution in [3.8, 4) is 0 Å². The van der Waals surface area contributed by atoms with Crippen LogP contribution in [-0.4, -0.2) is 44.2 Å². The molecule has 1 atom stereocenters. The Labute approximate surface area is 94.5 Å². The number of aliphatic hydroxyl groups excluding tert-OH is 1.